The van der Waals surface area contributed by atoms with Crippen LogP contribution in [-0.4, -0.2) is 0 Å². The predicted molar refractivity (Wildman–Crippen MR) is 75.4 cm³/mol. The first-order chi connectivity index (χ1) is 10.3. The molecule has 0 bridgehead atoms. The number of nitrogens with zero attached hydrogens (tertiary/aromatic N) is 2. The van der Waals surface area contributed by atoms with Crippen LogP contribution < -0.4 is 11.5 Å². The zero-order chi connectivity index (χ0) is 16.5. The third-order valence-electron chi connectivity index (χ3n) is 3.15. The summed E-state index contributed by atoms with van der Waals surface area (Å²) < 4.78 is 39.6. The van der Waals surface area contributed by atoms with E-state index < -0.39 is 17.7 Å². The summed E-state index contributed by atoms with van der Waals surface area (Å²) in [6.45, 7) is 0. The molecule has 0 fully saturated rings. The normalized spacial score (nSPS) is 16.4. The number of benzene rings is 1. The van der Waals surface area contributed by atoms with Gasteiger partial charge >= 0.3 is 6.18 Å². The SMILES string of the molecule is N#CC1=C(N)SC(N)=C(C#N)C1c1ccccc1C(F)(F)F. The second-order valence-corrected chi connectivity index (χ2v) is 5.48. The highest BCUT2D eigenvalue weighted by molar-refractivity contribution is 8.06. The summed E-state index contributed by atoms with van der Waals surface area (Å²) in [7, 11) is 0. The Bertz CT molecular complexity index is 730. The highest BCUT2D eigenvalue weighted by Crippen LogP contribution is 2.46. The molecule has 0 aliphatic carbocycles. The summed E-state index contributed by atoms with van der Waals surface area (Å²) in [5.74, 6) is -1.21. The molecule has 0 amide bonds. The zero-order valence-electron chi connectivity index (χ0n) is 11.0. The molecule has 0 radical (unpaired) electrons. The van der Waals surface area contributed by atoms with E-state index >= 15 is 0 Å². The molecule has 0 aromatic heterocycles. The third kappa shape index (κ3) is 2.61. The number of nitrogens with two attached hydrogens (primary N) is 2. The van der Waals surface area contributed by atoms with Crippen LogP contribution in [0.15, 0.2) is 45.5 Å². The number of nitriles is 2. The minimum Gasteiger partial charge on any atom is -0.392 e. The minimum atomic E-state index is -4.62. The largest absolute Gasteiger partial charge is 0.416 e. The smallest absolute Gasteiger partial charge is 0.392 e. The molecule has 1 aliphatic rings. The minimum absolute atomic E-state index is 0.000905. The Labute approximate surface area is 128 Å². The Hall–Kier alpha value is -2.58. The Balaban J connectivity index is 2.76. The Morgan fingerprint density at radius 1 is 1.00 bits per heavy atom. The Morgan fingerprint density at radius 3 is 1.95 bits per heavy atom. The lowest BCUT2D eigenvalue weighted by atomic mass is 9.83. The molecule has 2 rings (SSSR count). The van der Waals surface area contributed by atoms with Crippen molar-refractivity contribution in [2.45, 2.75) is 12.1 Å². The van der Waals surface area contributed by atoms with Gasteiger partial charge in [-0.3, -0.25) is 0 Å². The quantitative estimate of drug-likeness (QED) is 0.828. The average Bonchev–Trinajstić information content (AvgIpc) is 2.45. The van der Waals surface area contributed by atoms with Crippen LogP contribution in [0.4, 0.5) is 13.2 Å². The van der Waals surface area contributed by atoms with Crippen LogP contribution in [0, 0.1) is 22.7 Å². The van der Waals surface area contributed by atoms with Crippen molar-refractivity contribution in [2.75, 3.05) is 0 Å². The number of rotatable bonds is 1. The van der Waals surface area contributed by atoms with Crippen LogP contribution in [0.2, 0.25) is 0 Å². The Kier molecular flexibility index (Phi) is 4.07. The molecule has 0 spiro atoms. The van der Waals surface area contributed by atoms with E-state index in [1.165, 1.54) is 18.2 Å². The van der Waals surface area contributed by atoms with E-state index in [4.69, 9.17) is 11.5 Å². The van der Waals surface area contributed by atoms with Crippen molar-refractivity contribution in [2.24, 2.45) is 11.5 Å². The van der Waals surface area contributed by atoms with E-state index in [9.17, 15) is 23.7 Å². The second-order valence-electron chi connectivity index (χ2n) is 4.40. The highest BCUT2D eigenvalue weighted by Gasteiger charge is 2.39. The van der Waals surface area contributed by atoms with Crippen LogP contribution in [0.25, 0.3) is 0 Å². The number of alkyl halides is 3. The topological polar surface area (TPSA) is 99.6 Å². The van der Waals surface area contributed by atoms with Gasteiger partial charge in [0, 0.05) is 0 Å². The highest BCUT2D eigenvalue weighted by atomic mass is 32.2. The van der Waals surface area contributed by atoms with Gasteiger partial charge in [-0.15, -0.1) is 0 Å². The van der Waals surface area contributed by atoms with Crippen LogP contribution in [0.3, 0.4) is 0 Å². The summed E-state index contributed by atoms with van der Waals surface area (Å²) in [5.41, 5.74) is 10.1. The van der Waals surface area contributed by atoms with E-state index in [0.717, 1.165) is 17.8 Å². The lowest BCUT2D eigenvalue weighted by Crippen LogP contribution is -2.21. The van der Waals surface area contributed by atoms with Gasteiger partial charge in [-0.2, -0.15) is 23.7 Å². The number of hydrogen-bond acceptors (Lipinski definition) is 5. The average molecular weight is 322 g/mol. The molecular formula is C14H9F3N4S. The number of halogens is 3. The van der Waals surface area contributed by atoms with Gasteiger partial charge in [0.05, 0.1) is 44.8 Å². The number of thioether (sulfide) groups is 1. The molecule has 0 atom stereocenters. The van der Waals surface area contributed by atoms with Gasteiger partial charge in [-0.05, 0) is 11.6 Å². The lowest BCUT2D eigenvalue weighted by molar-refractivity contribution is -0.138. The number of hydrogen-bond donors (Lipinski definition) is 2. The van der Waals surface area contributed by atoms with Crippen LogP contribution in [0.5, 0.6) is 0 Å². The fourth-order valence-corrected chi connectivity index (χ4v) is 3.00. The first-order valence-corrected chi connectivity index (χ1v) is 6.76. The summed E-state index contributed by atoms with van der Waals surface area (Å²) >= 11 is 0.807. The maximum Gasteiger partial charge on any atom is 0.416 e. The molecule has 8 heteroatoms. The maximum absolute atomic E-state index is 13.2. The summed E-state index contributed by atoms with van der Waals surface area (Å²) in [4.78, 5) is 0. The van der Waals surface area contributed by atoms with Crippen molar-refractivity contribution >= 4 is 11.8 Å². The van der Waals surface area contributed by atoms with Gasteiger partial charge in [-0.1, -0.05) is 30.0 Å². The van der Waals surface area contributed by atoms with Gasteiger partial charge < -0.3 is 11.5 Å². The van der Waals surface area contributed by atoms with Crippen LogP contribution in [-0.2, 0) is 6.18 Å². The lowest BCUT2D eigenvalue weighted by Gasteiger charge is -2.26. The first kappa shape index (κ1) is 15.8. The van der Waals surface area contributed by atoms with Gasteiger partial charge in [-0.25, -0.2) is 0 Å². The molecular weight excluding hydrogens is 313 g/mol. The molecule has 0 saturated heterocycles. The molecule has 0 saturated carbocycles. The summed E-state index contributed by atoms with van der Waals surface area (Å²) in [5, 5.41) is 18.5. The van der Waals surface area contributed by atoms with Crippen molar-refractivity contribution in [3.63, 3.8) is 0 Å². The van der Waals surface area contributed by atoms with Crippen LogP contribution >= 0.6 is 11.8 Å². The van der Waals surface area contributed by atoms with Crippen molar-refractivity contribution in [1.29, 1.82) is 10.5 Å². The van der Waals surface area contributed by atoms with E-state index in [0.29, 0.717) is 0 Å². The van der Waals surface area contributed by atoms with Crippen molar-refractivity contribution < 1.29 is 13.2 Å². The van der Waals surface area contributed by atoms with E-state index in [1.807, 2.05) is 0 Å². The van der Waals surface area contributed by atoms with Gasteiger partial charge in [0.25, 0.3) is 0 Å². The monoisotopic (exact) mass is 322 g/mol. The van der Waals surface area contributed by atoms with Crippen molar-refractivity contribution in [1.82, 2.24) is 0 Å². The summed E-state index contributed by atoms with van der Waals surface area (Å²) in [6.07, 6.45) is -4.62. The molecule has 4 nitrogen and oxygen atoms in total. The summed E-state index contributed by atoms with van der Waals surface area (Å²) in [6, 6.07) is 8.34. The second kappa shape index (κ2) is 5.66. The van der Waals surface area contributed by atoms with Gasteiger partial charge in [0.2, 0.25) is 0 Å². The predicted octanol–water partition coefficient (Wildman–Crippen LogP) is 2.92. The van der Waals surface area contributed by atoms with Crippen molar-refractivity contribution in [3.05, 3.63) is 56.6 Å². The molecule has 1 aromatic rings. The molecule has 1 heterocycles. The first-order valence-electron chi connectivity index (χ1n) is 5.94. The van der Waals surface area contributed by atoms with Crippen LogP contribution in [0.1, 0.15) is 17.0 Å². The van der Waals surface area contributed by atoms with E-state index in [2.05, 4.69) is 0 Å². The van der Waals surface area contributed by atoms with Crippen molar-refractivity contribution in [3.8, 4) is 12.1 Å². The fraction of sp³-hybridized carbons (Fsp3) is 0.143. The van der Waals surface area contributed by atoms with Gasteiger partial charge in [0.15, 0.2) is 0 Å². The number of allylic oxidation sites excluding steroid dienone is 2. The third-order valence-corrected chi connectivity index (χ3v) is 4.03. The van der Waals surface area contributed by atoms with Gasteiger partial charge in [0.1, 0.15) is 0 Å². The standard InChI is InChI=1S/C14H9F3N4S/c15-14(16,17)10-4-2-1-3-7(10)11-8(5-18)12(20)22-13(21)9(11)6-19/h1-4,11H,20-21H2. The molecule has 0 unspecified atom stereocenters. The Morgan fingerprint density at radius 2 is 1.50 bits per heavy atom. The fourth-order valence-electron chi connectivity index (χ4n) is 2.21. The zero-order valence-corrected chi connectivity index (χ0v) is 11.8. The molecule has 22 heavy (non-hydrogen) atoms. The molecule has 4 N–H and O–H groups in total. The molecule has 1 aliphatic heterocycles. The molecule has 112 valence electrons. The molecule has 1 aromatic carbocycles. The van der Waals surface area contributed by atoms with E-state index in [-0.39, 0.29) is 26.8 Å². The maximum atomic E-state index is 13.2. The van der Waals surface area contributed by atoms with E-state index in [1.54, 1.807) is 12.1 Å².